The molecule has 1 aliphatic heterocycles. The number of nitrogens with zero attached hydrogens (tertiary/aromatic N) is 2. The molecule has 1 N–H and O–H groups in total. The largest absolute Gasteiger partial charge is 0.490 e. The Morgan fingerprint density at radius 3 is 3.00 bits per heavy atom. The van der Waals surface area contributed by atoms with Crippen LogP contribution in [0.5, 0.6) is 5.75 Å². The number of hydrogen-bond donors (Lipinski definition) is 1. The molecule has 0 spiro atoms. The van der Waals surface area contributed by atoms with Gasteiger partial charge in [0.25, 0.3) is 6.43 Å². The zero-order valence-corrected chi connectivity index (χ0v) is 14.4. The Bertz CT molecular complexity index is 560. The van der Waals surface area contributed by atoms with Crippen LogP contribution in [-0.2, 0) is 4.79 Å². The van der Waals surface area contributed by atoms with Crippen LogP contribution in [0.1, 0.15) is 6.92 Å². The topological polar surface area (TPSA) is 44.8 Å². The van der Waals surface area contributed by atoms with Gasteiger partial charge in [0.05, 0.1) is 25.3 Å². The molecule has 0 atom stereocenters. The first kappa shape index (κ1) is 18.7. The Morgan fingerprint density at radius 2 is 2.29 bits per heavy atom. The van der Waals surface area contributed by atoms with E-state index in [-0.39, 0.29) is 19.0 Å². The number of fused-ring (bicyclic) bond motifs is 1. The first-order chi connectivity index (χ1) is 11.5. The average Bonchev–Trinajstić information content (AvgIpc) is 2.54. The van der Waals surface area contributed by atoms with Crippen LogP contribution in [0, 0.1) is 0 Å². The number of carbonyl (C=O) groups is 1. The van der Waals surface area contributed by atoms with Gasteiger partial charge in [0.2, 0.25) is 5.91 Å². The molecular formula is C16H22ClF2N3O2. The second kappa shape index (κ2) is 9.03. The summed E-state index contributed by atoms with van der Waals surface area (Å²) in [6.07, 6.45) is -2.37. The van der Waals surface area contributed by atoms with Crippen molar-refractivity contribution in [3.8, 4) is 5.75 Å². The summed E-state index contributed by atoms with van der Waals surface area (Å²) >= 11 is 6.00. The van der Waals surface area contributed by atoms with E-state index < -0.39 is 6.43 Å². The van der Waals surface area contributed by atoms with E-state index in [1.165, 1.54) is 0 Å². The van der Waals surface area contributed by atoms with E-state index in [1.54, 1.807) is 23.1 Å². The molecule has 1 aromatic carbocycles. The zero-order valence-electron chi connectivity index (χ0n) is 13.6. The van der Waals surface area contributed by atoms with Gasteiger partial charge in [-0.15, -0.1) is 0 Å². The molecule has 0 aliphatic carbocycles. The monoisotopic (exact) mass is 361 g/mol. The van der Waals surface area contributed by atoms with Crippen molar-refractivity contribution in [2.45, 2.75) is 13.3 Å². The summed E-state index contributed by atoms with van der Waals surface area (Å²) < 4.78 is 30.3. The summed E-state index contributed by atoms with van der Waals surface area (Å²) in [5, 5.41) is 3.35. The maximum absolute atomic E-state index is 12.4. The Balaban J connectivity index is 1.82. The van der Waals surface area contributed by atoms with Crippen molar-refractivity contribution in [2.75, 3.05) is 50.8 Å². The van der Waals surface area contributed by atoms with Gasteiger partial charge in [0.1, 0.15) is 12.4 Å². The molecular weight excluding hydrogens is 340 g/mol. The summed E-state index contributed by atoms with van der Waals surface area (Å²) in [4.78, 5) is 15.6. The fraction of sp³-hybridized carbons (Fsp3) is 0.562. The van der Waals surface area contributed by atoms with Gasteiger partial charge >= 0.3 is 0 Å². The third kappa shape index (κ3) is 5.49. The lowest BCUT2D eigenvalue weighted by Crippen LogP contribution is -2.43. The summed E-state index contributed by atoms with van der Waals surface area (Å²) in [5.41, 5.74) is 0.789. The highest BCUT2D eigenvalue weighted by Gasteiger charge is 2.20. The van der Waals surface area contributed by atoms with Crippen molar-refractivity contribution in [1.82, 2.24) is 10.2 Å². The lowest BCUT2D eigenvalue weighted by Gasteiger charge is -2.31. The van der Waals surface area contributed by atoms with E-state index in [0.29, 0.717) is 43.6 Å². The highest BCUT2D eigenvalue weighted by molar-refractivity contribution is 6.31. The van der Waals surface area contributed by atoms with Crippen LogP contribution in [0.25, 0.3) is 0 Å². The van der Waals surface area contributed by atoms with Gasteiger partial charge in [-0.25, -0.2) is 8.78 Å². The molecule has 1 heterocycles. The highest BCUT2D eigenvalue weighted by Crippen LogP contribution is 2.33. The van der Waals surface area contributed by atoms with Gasteiger partial charge in [0.15, 0.2) is 0 Å². The minimum absolute atomic E-state index is 0.157. The normalized spacial score (nSPS) is 13.8. The molecule has 1 amide bonds. The Kier molecular flexibility index (Phi) is 7.05. The molecule has 0 bridgehead atoms. The molecule has 0 unspecified atom stereocenters. The maximum Gasteiger partial charge on any atom is 0.251 e. The number of ether oxygens (including phenoxy) is 1. The number of likely N-dealkylation sites (N-methyl/N-ethyl adjacent to an activating group) is 1. The Labute approximate surface area is 145 Å². The van der Waals surface area contributed by atoms with E-state index in [2.05, 4.69) is 5.32 Å². The van der Waals surface area contributed by atoms with Crippen molar-refractivity contribution >= 4 is 23.2 Å². The minimum Gasteiger partial charge on any atom is -0.490 e. The highest BCUT2D eigenvalue weighted by atomic mass is 35.5. The third-order valence-corrected chi connectivity index (χ3v) is 4.04. The molecule has 5 nitrogen and oxygen atoms in total. The van der Waals surface area contributed by atoms with Crippen LogP contribution < -0.4 is 15.0 Å². The lowest BCUT2D eigenvalue weighted by atomic mass is 10.2. The minimum atomic E-state index is -2.37. The number of anilines is 1. The van der Waals surface area contributed by atoms with Crippen LogP contribution in [0.2, 0.25) is 5.02 Å². The van der Waals surface area contributed by atoms with Crippen molar-refractivity contribution < 1.29 is 18.3 Å². The van der Waals surface area contributed by atoms with Gasteiger partial charge in [-0.3, -0.25) is 9.69 Å². The van der Waals surface area contributed by atoms with Gasteiger partial charge in [-0.1, -0.05) is 18.5 Å². The van der Waals surface area contributed by atoms with Crippen LogP contribution in [0.15, 0.2) is 18.2 Å². The summed E-state index contributed by atoms with van der Waals surface area (Å²) in [6, 6.07) is 5.29. The number of nitrogens with one attached hydrogen (secondary N) is 1. The molecule has 1 aromatic rings. The quantitative estimate of drug-likeness (QED) is 0.771. The second-order valence-corrected chi connectivity index (χ2v) is 5.95. The van der Waals surface area contributed by atoms with Crippen molar-refractivity contribution in [2.24, 2.45) is 0 Å². The number of amides is 1. The zero-order chi connectivity index (χ0) is 17.5. The van der Waals surface area contributed by atoms with E-state index >= 15 is 0 Å². The number of carbonyl (C=O) groups excluding carboxylic acids is 1. The second-order valence-electron chi connectivity index (χ2n) is 5.52. The van der Waals surface area contributed by atoms with Crippen molar-refractivity contribution in [3.63, 3.8) is 0 Å². The molecule has 0 saturated carbocycles. The first-order valence-corrected chi connectivity index (χ1v) is 8.32. The Hall–Kier alpha value is -1.60. The molecule has 0 radical (unpaired) electrons. The van der Waals surface area contributed by atoms with Gasteiger partial charge in [0, 0.05) is 18.1 Å². The molecule has 0 aromatic heterocycles. The van der Waals surface area contributed by atoms with E-state index in [9.17, 15) is 13.6 Å². The van der Waals surface area contributed by atoms with Crippen LogP contribution >= 0.6 is 11.6 Å². The van der Waals surface area contributed by atoms with Gasteiger partial charge in [-0.05, 0) is 24.7 Å². The van der Waals surface area contributed by atoms with Crippen LogP contribution in [0.3, 0.4) is 0 Å². The van der Waals surface area contributed by atoms with E-state index in [1.807, 2.05) is 11.8 Å². The number of benzene rings is 1. The number of hydrogen-bond acceptors (Lipinski definition) is 4. The van der Waals surface area contributed by atoms with Gasteiger partial charge in [-0.2, -0.15) is 0 Å². The van der Waals surface area contributed by atoms with E-state index in [0.717, 1.165) is 5.69 Å². The molecule has 0 saturated heterocycles. The fourth-order valence-electron chi connectivity index (χ4n) is 2.57. The lowest BCUT2D eigenvalue weighted by molar-refractivity contribution is -0.119. The summed E-state index contributed by atoms with van der Waals surface area (Å²) in [5.74, 6) is 0.545. The summed E-state index contributed by atoms with van der Waals surface area (Å²) in [7, 11) is 0. The predicted molar refractivity (Wildman–Crippen MR) is 90.3 cm³/mol. The average molecular weight is 362 g/mol. The summed E-state index contributed by atoms with van der Waals surface area (Å²) in [6.45, 7) is 4.07. The molecule has 0 fully saturated rings. The smallest absolute Gasteiger partial charge is 0.251 e. The van der Waals surface area contributed by atoms with Crippen LogP contribution in [0.4, 0.5) is 14.5 Å². The number of rotatable bonds is 8. The van der Waals surface area contributed by atoms with Crippen molar-refractivity contribution in [3.05, 3.63) is 23.2 Å². The maximum atomic E-state index is 12.4. The van der Waals surface area contributed by atoms with E-state index in [4.69, 9.17) is 16.3 Å². The standard InChI is InChI=1S/C16H22ClF2N3O2/c1-2-21(10-15(18)19)6-5-20-16(23)11-22-7-8-24-14-4-3-12(17)9-13(14)22/h3-4,9,15H,2,5-8,10-11H2,1H3,(H,20,23). The third-order valence-electron chi connectivity index (χ3n) is 3.81. The van der Waals surface area contributed by atoms with Crippen LogP contribution in [-0.4, -0.2) is 63.1 Å². The number of halogens is 3. The SMILES string of the molecule is CCN(CCNC(=O)CN1CCOc2ccc(Cl)cc21)CC(F)F. The molecule has 134 valence electrons. The number of alkyl halides is 2. The molecule has 1 aliphatic rings. The van der Waals surface area contributed by atoms with Crippen molar-refractivity contribution in [1.29, 1.82) is 0 Å². The van der Waals surface area contributed by atoms with Gasteiger partial charge < -0.3 is 15.0 Å². The predicted octanol–water partition coefficient (Wildman–Crippen LogP) is 2.24. The molecule has 2 rings (SSSR count). The molecule has 24 heavy (non-hydrogen) atoms. The fourth-order valence-corrected chi connectivity index (χ4v) is 2.73. The molecule has 8 heteroatoms. The Morgan fingerprint density at radius 1 is 1.50 bits per heavy atom. The first-order valence-electron chi connectivity index (χ1n) is 7.94.